The number of nitrogens with zero attached hydrogens (tertiary/aromatic N) is 1. The summed E-state index contributed by atoms with van der Waals surface area (Å²) in [5, 5.41) is 2.48. The molecule has 9 heteroatoms. The number of amides is 1. The highest BCUT2D eigenvalue weighted by Gasteiger charge is 2.33. The number of carbonyl (C=O) groups is 2. The molecule has 0 bridgehead atoms. The maximum Gasteiger partial charge on any atom is 0.406 e. The van der Waals surface area contributed by atoms with Crippen LogP contribution >= 0.6 is 30.1 Å². The van der Waals surface area contributed by atoms with Gasteiger partial charge in [0.15, 0.2) is 6.61 Å². The van der Waals surface area contributed by atoms with Crippen LogP contribution in [0.5, 0.6) is 0 Å². The number of carbonyl (C=O) groups excluding carboxylic acids is 2. The quantitative estimate of drug-likeness (QED) is 0.316. The first kappa shape index (κ1) is 16.4. The summed E-state index contributed by atoms with van der Waals surface area (Å²) in [5.74, 6) is -0.335. The Bertz CT molecular complexity index is 350. The fraction of sp³-hybridized carbons (Fsp3) is 0.500. The molecule has 17 heavy (non-hydrogen) atoms. The molecule has 0 aliphatic rings. The molecular weight excluding hydrogens is 374 g/mol. The van der Waals surface area contributed by atoms with E-state index in [2.05, 4.69) is 15.9 Å². The van der Waals surface area contributed by atoms with E-state index in [9.17, 15) is 22.8 Å². The molecule has 0 saturated heterocycles. The van der Waals surface area contributed by atoms with Gasteiger partial charge in [0.25, 0.3) is 0 Å². The Morgan fingerprint density at radius 1 is 1.47 bits per heavy atom. The zero-order valence-electron chi connectivity index (χ0n) is 8.51. The molecule has 0 aliphatic heterocycles. The smallest absolute Gasteiger partial charge is 0.406 e. The third-order valence-corrected chi connectivity index (χ3v) is 2.21. The highest BCUT2D eigenvalue weighted by atomic mass is 127. The lowest BCUT2D eigenvalue weighted by molar-refractivity contribution is -0.169. The Morgan fingerprint density at radius 3 is 2.53 bits per heavy atom. The lowest BCUT2D eigenvalue weighted by Crippen LogP contribution is -2.40. The van der Waals surface area contributed by atoms with E-state index in [1.165, 1.54) is 0 Å². The molecule has 0 aromatic carbocycles. The Morgan fingerprint density at radius 2 is 2.06 bits per heavy atom. The third kappa shape index (κ3) is 8.14. The number of hydrogen-bond donors (Lipinski definition) is 0. The first-order valence-electron chi connectivity index (χ1n) is 4.02. The van der Waals surface area contributed by atoms with Crippen molar-refractivity contribution in [1.29, 1.82) is 0 Å². The van der Waals surface area contributed by atoms with Crippen LogP contribution in [-0.4, -0.2) is 43.2 Å². The van der Waals surface area contributed by atoms with Gasteiger partial charge in [-0.3, -0.25) is 4.79 Å². The Balaban J connectivity index is 4.17. The normalized spacial score (nSPS) is 10.2. The summed E-state index contributed by atoms with van der Waals surface area (Å²) in [4.78, 5) is 22.3. The average molecular weight is 381 g/mol. The van der Waals surface area contributed by atoms with Crippen molar-refractivity contribution in [2.24, 2.45) is 0 Å². The molecule has 0 saturated carbocycles. The minimum Gasteiger partial charge on any atom is -0.445 e. The highest BCUT2D eigenvalue weighted by molar-refractivity contribution is 14.2. The van der Waals surface area contributed by atoms with E-state index >= 15 is 0 Å². The molecular formula is C8H7F3INO3S. The summed E-state index contributed by atoms with van der Waals surface area (Å²) in [6.45, 7) is -1.84. The van der Waals surface area contributed by atoms with E-state index in [0.29, 0.717) is 0 Å². The zero-order valence-corrected chi connectivity index (χ0v) is 11.5. The fourth-order valence-electron chi connectivity index (χ4n) is 0.717. The van der Waals surface area contributed by atoms with Crippen molar-refractivity contribution in [1.82, 2.24) is 4.90 Å². The van der Waals surface area contributed by atoms with E-state index in [-0.39, 0.29) is 11.5 Å². The second kappa shape index (κ2) is 7.65. The minimum absolute atomic E-state index is 0.239. The molecule has 0 N–H and O–H groups in total. The molecule has 0 aromatic heterocycles. The van der Waals surface area contributed by atoms with Gasteiger partial charge >= 0.3 is 18.1 Å². The molecule has 0 atom stereocenters. The molecule has 4 nitrogen and oxygen atoms in total. The summed E-state index contributed by atoms with van der Waals surface area (Å²) < 4.78 is 40.1. The summed E-state index contributed by atoms with van der Waals surface area (Å²) >= 11 is 1.89. The first-order chi connectivity index (χ1) is 7.78. The van der Waals surface area contributed by atoms with Crippen molar-refractivity contribution in [3.8, 4) is 11.2 Å². The van der Waals surface area contributed by atoms with Crippen molar-refractivity contribution in [2.75, 3.05) is 20.2 Å². The van der Waals surface area contributed by atoms with Crippen LogP contribution < -0.4 is 0 Å². The fourth-order valence-corrected chi connectivity index (χ4v) is 1.30. The molecule has 0 fully saturated rings. The predicted molar refractivity (Wildman–Crippen MR) is 64.0 cm³/mol. The van der Waals surface area contributed by atoms with Gasteiger partial charge in [0, 0.05) is 28.3 Å². The highest BCUT2D eigenvalue weighted by Crippen LogP contribution is 2.15. The van der Waals surface area contributed by atoms with Crippen LogP contribution in [-0.2, 0) is 14.3 Å². The molecule has 0 radical (unpaired) electrons. The second-order valence-corrected chi connectivity index (χ2v) is 4.39. The van der Waals surface area contributed by atoms with Gasteiger partial charge in [-0.2, -0.15) is 13.2 Å². The van der Waals surface area contributed by atoms with E-state index in [1.807, 2.05) is 21.2 Å². The van der Waals surface area contributed by atoms with E-state index in [1.54, 1.807) is 0 Å². The lowest BCUT2D eigenvalue weighted by Gasteiger charge is -2.17. The Kier molecular flexibility index (Phi) is 7.37. The zero-order chi connectivity index (χ0) is 13.5. The van der Waals surface area contributed by atoms with E-state index in [4.69, 9.17) is 0 Å². The van der Waals surface area contributed by atoms with Crippen LogP contribution in [0.2, 0.25) is 0 Å². The Labute approximate surface area is 112 Å². The van der Waals surface area contributed by atoms with Gasteiger partial charge in [-0.05, 0) is 20.1 Å². The van der Waals surface area contributed by atoms with Crippen LogP contribution in [0.15, 0.2) is 0 Å². The van der Waals surface area contributed by atoms with E-state index < -0.39 is 24.6 Å². The van der Waals surface area contributed by atoms with Gasteiger partial charge in [-0.25, -0.2) is 4.79 Å². The summed E-state index contributed by atoms with van der Waals surface area (Å²) in [7, 11) is 2.01. The van der Waals surface area contributed by atoms with Crippen LogP contribution in [0.25, 0.3) is 0 Å². The molecule has 0 rings (SSSR count). The summed E-state index contributed by atoms with van der Waals surface area (Å²) in [6.07, 6.45) is -4.55. The lowest BCUT2D eigenvalue weighted by atomic mass is 10.5. The monoisotopic (exact) mass is 381 g/mol. The van der Waals surface area contributed by atoms with Crippen LogP contribution in [0.3, 0.4) is 0 Å². The van der Waals surface area contributed by atoms with Crippen molar-refractivity contribution < 1.29 is 27.5 Å². The molecule has 0 aromatic rings. The van der Waals surface area contributed by atoms with Crippen molar-refractivity contribution in [3.63, 3.8) is 0 Å². The standard InChI is InChI=1S/C8H7F3INO3S/c1-13(5-8(9,10)11)6(14)7(15)16-3-2-4-17-12/h3,5H2,1H3. The van der Waals surface area contributed by atoms with Gasteiger partial charge in [0.05, 0.1) is 0 Å². The van der Waals surface area contributed by atoms with Gasteiger partial charge in [0.2, 0.25) is 0 Å². The van der Waals surface area contributed by atoms with Crippen LogP contribution in [0.4, 0.5) is 13.2 Å². The second-order valence-electron chi connectivity index (χ2n) is 2.71. The van der Waals surface area contributed by atoms with Gasteiger partial charge in [-0.1, -0.05) is 0 Å². The van der Waals surface area contributed by atoms with Crippen molar-refractivity contribution >= 4 is 42.0 Å². The topological polar surface area (TPSA) is 46.6 Å². The van der Waals surface area contributed by atoms with Gasteiger partial charge in [-0.15, -0.1) is 0 Å². The van der Waals surface area contributed by atoms with Gasteiger partial charge < -0.3 is 9.64 Å². The SMILES string of the molecule is CN(CC(F)(F)F)C(=O)C(=O)OCC#CSI. The first-order valence-corrected chi connectivity index (χ1v) is 7.38. The minimum atomic E-state index is -4.55. The average Bonchev–Trinajstić information content (AvgIpc) is 2.20. The molecule has 0 aliphatic carbocycles. The maximum atomic E-state index is 11.9. The van der Waals surface area contributed by atoms with Crippen molar-refractivity contribution in [3.05, 3.63) is 0 Å². The van der Waals surface area contributed by atoms with Gasteiger partial charge in [0.1, 0.15) is 6.54 Å². The van der Waals surface area contributed by atoms with Crippen LogP contribution in [0.1, 0.15) is 0 Å². The summed E-state index contributed by atoms with van der Waals surface area (Å²) in [6, 6.07) is 0. The predicted octanol–water partition coefficient (Wildman–Crippen LogP) is 1.59. The molecule has 0 heterocycles. The molecule has 0 spiro atoms. The molecule has 0 unspecified atom stereocenters. The molecule has 1 amide bonds. The number of esters is 1. The Hall–Kier alpha value is -0.630. The third-order valence-electron chi connectivity index (χ3n) is 1.32. The van der Waals surface area contributed by atoms with Crippen molar-refractivity contribution in [2.45, 2.75) is 6.18 Å². The number of alkyl halides is 3. The van der Waals surface area contributed by atoms with E-state index in [0.717, 1.165) is 16.0 Å². The number of hydrogen-bond acceptors (Lipinski definition) is 4. The number of ether oxygens (including phenoxy) is 1. The van der Waals surface area contributed by atoms with Crippen LogP contribution in [0, 0.1) is 11.2 Å². The maximum absolute atomic E-state index is 11.9. The molecule has 96 valence electrons. The number of likely N-dealkylation sites (N-methyl/N-ethyl adjacent to an activating group) is 1. The summed E-state index contributed by atoms with van der Waals surface area (Å²) in [5.41, 5.74) is 0. The number of rotatable bonds is 2. The largest absolute Gasteiger partial charge is 0.445 e. The number of halogens is 4.